The number of phenols is 1. The Morgan fingerprint density at radius 3 is 1.97 bits per heavy atom. The van der Waals surface area contributed by atoms with E-state index in [0.717, 1.165) is 5.56 Å². The van der Waals surface area contributed by atoms with Crippen molar-refractivity contribution < 1.29 is 28.9 Å². The molecular formula is C27H40NO6P. The Morgan fingerprint density at radius 1 is 1.00 bits per heavy atom. The van der Waals surface area contributed by atoms with Crippen molar-refractivity contribution in [1.29, 1.82) is 0 Å². The van der Waals surface area contributed by atoms with E-state index in [0.29, 0.717) is 16.8 Å². The fraction of sp³-hybridized carbons (Fsp3) is 0.556. The monoisotopic (exact) mass is 505 g/mol. The molecule has 1 saturated heterocycles. The molecule has 2 aromatic carbocycles. The van der Waals surface area contributed by atoms with Crippen LogP contribution in [0.1, 0.15) is 78.2 Å². The number of ether oxygens (including phenoxy) is 2. The van der Waals surface area contributed by atoms with Crippen LogP contribution in [0.3, 0.4) is 0 Å². The highest BCUT2D eigenvalue weighted by molar-refractivity contribution is 7.51. The van der Waals surface area contributed by atoms with Crippen molar-refractivity contribution in [3.05, 3.63) is 59.2 Å². The largest absolute Gasteiger partial charge is 0.507 e. The molecule has 2 unspecified atom stereocenters. The normalized spacial score (nSPS) is 21.1. The van der Waals surface area contributed by atoms with Gasteiger partial charge in [0, 0.05) is 16.8 Å². The van der Waals surface area contributed by atoms with Crippen LogP contribution >= 0.6 is 7.60 Å². The summed E-state index contributed by atoms with van der Waals surface area (Å²) >= 11 is 0. The molecule has 2 aromatic rings. The van der Waals surface area contributed by atoms with Crippen LogP contribution < -0.4 is 4.90 Å². The molecule has 1 aliphatic heterocycles. The van der Waals surface area contributed by atoms with E-state index in [-0.39, 0.29) is 12.4 Å². The number of rotatable bonds is 5. The Hall–Kier alpha value is -1.89. The van der Waals surface area contributed by atoms with Gasteiger partial charge in [-0.25, -0.2) is 0 Å². The molecular weight excluding hydrogens is 465 g/mol. The number of nitrogens with zero attached hydrogens (tertiary/aromatic N) is 1. The van der Waals surface area contributed by atoms with Crippen LogP contribution in [0.5, 0.6) is 5.75 Å². The minimum Gasteiger partial charge on any atom is -0.507 e. The summed E-state index contributed by atoms with van der Waals surface area (Å²) in [7, 11) is -4.48. The Balaban J connectivity index is 2.24. The molecule has 0 radical (unpaired) electrons. The zero-order chi connectivity index (χ0) is 26.4. The van der Waals surface area contributed by atoms with Crippen LogP contribution in [0.4, 0.5) is 5.69 Å². The minimum atomic E-state index is -4.48. The lowest BCUT2D eigenvalue weighted by Gasteiger charge is -2.46. The molecule has 0 saturated carbocycles. The zero-order valence-electron chi connectivity index (χ0n) is 22.1. The van der Waals surface area contributed by atoms with Crippen LogP contribution in [0.2, 0.25) is 0 Å². The third-order valence-corrected chi connectivity index (χ3v) is 6.94. The first-order valence-corrected chi connectivity index (χ1v) is 13.7. The second-order valence-electron chi connectivity index (χ2n) is 11.9. The number of aromatic hydroxyl groups is 1. The number of hydrogen-bond donors (Lipinski definition) is 3. The van der Waals surface area contributed by atoms with Gasteiger partial charge in [0.1, 0.15) is 18.1 Å². The highest BCUT2D eigenvalue weighted by Crippen LogP contribution is 2.47. The Labute approximate surface area is 209 Å². The zero-order valence-corrected chi connectivity index (χ0v) is 23.0. The first-order valence-electron chi connectivity index (χ1n) is 11.9. The van der Waals surface area contributed by atoms with Gasteiger partial charge < -0.3 is 29.3 Å². The average Bonchev–Trinajstić information content (AvgIpc) is 2.70. The van der Waals surface area contributed by atoms with Crippen LogP contribution in [0, 0.1) is 0 Å². The summed E-state index contributed by atoms with van der Waals surface area (Å²) in [5.41, 5.74) is 2.15. The summed E-state index contributed by atoms with van der Waals surface area (Å²) in [5, 5.41) is 11.2. The fourth-order valence-corrected chi connectivity index (χ4v) is 5.25. The number of phenolic OH excluding ortho intramolecular Hbond substituents is 1. The first-order chi connectivity index (χ1) is 15.9. The van der Waals surface area contributed by atoms with Gasteiger partial charge in [0.15, 0.2) is 5.79 Å². The van der Waals surface area contributed by atoms with Crippen LogP contribution in [-0.2, 0) is 24.9 Å². The van der Waals surface area contributed by atoms with E-state index in [1.54, 1.807) is 4.90 Å². The minimum absolute atomic E-state index is 0.210. The van der Waals surface area contributed by atoms with Gasteiger partial charge in [-0.2, -0.15) is 0 Å². The number of hydrogen-bond acceptors (Lipinski definition) is 5. The Kier molecular flexibility index (Phi) is 7.54. The molecule has 3 N–H and O–H groups in total. The van der Waals surface area contributed by atoms with Crippen molar-refractivity contribution in [1.82, 2.24) is 0 Å². The molecule has 35 heavy (non-hydrogen) atoms. The summed E-state index contributed by atoms with van der Waals surface area (Å²) < 4.78 is 24.7. The topological polar surface area (TPSA) is 99.5 Å². The van der Waals surface area contributed by atoms with Gasteiger partial charge in [0.05, 0.1) is 12.6 Å². The third-order valence-electron chi connectivity index (χ3n) is 6.27. The maximum atomic E-state index is 12.4. The van der Waals surface area contributed by atoms with Crippen LogP contribution in [-0.4, -0.2) is 39.6 Å². The summed E-state index contributed by atoms with van der Waals surface area (Å²) in [6.07, 6.45) is -0.997. The lowest BCUT2D eigenvalue weighted by molar-refractivity contribution is -0.282. The molecule has 0 amide bonds. The summed E-state index contributed by atoms with van der Waals surface area (Å²) in [4.78, 5) is 21.9. The lowest BCUT2D eigenvalue weighted by atomic mass is 9.79. The van der Waals surface area contributed by atoms with Gasteiger partial charge in [0.25, 0.3) is 0 Å². The van der Waals surface area contributed by atoms with E-state index in [4.69, 9.17) is 9.47 Å². The molecule has 1 aliphatic rings. The predicted molar refractivity (Wildman–Crippen MR) is 139 cm³/mol. The smallest absolute Gasteiger partial charge is 0.344 e. The molecule has 1 heterocycles. The molecule has 0 spiro atoms. The van der Waals surface area contributed by atoms with Gasteiger partial charge in [0.2, 0.25) is 0 Å². The molecule has 0 bridgehead atoms. The third kappa shape index (κ3) is 6.66. The number of benzene rings is 2. The van der Waals surface area contributed by atoms with E-state index in [9.17, 15) is 19.5 Å². The van der Waals surface area contributed by atoms with E-state index in [1.807, 2.05) is 97.9 Å². The molecule has 2 atom stereocenters. The molecule has 8 heteroatoms. The quantitative estimate of drug-likeness (QED) is 0.440. The van der Waals surface area contributed by atoms with E-state index >= 15 is 0 Å². The lowest BCUT2D eigenvalue weighted by Crippen LogP contribution is -2.52. The van der Waals surface area contributed by atoms with Crippen LogP contribution in [0.25, 0.3) is 0 Å². The second-order valence-corrected chi connectivity index (χ2v) is 13.5. The van der Waals surface area contributed by atoms with E-state index in [1.165, 1.54) is 0 Å². The van der Waals surface area contributed by atoms with Gasteiger partial charge in [-0.05, 0) is 42.4 Å². The fourth-order valence-electron chi connectivity index (χ4n) is 4.48. The van der Waals surface area contributed by atoms with Gasteiger partial charge in [-0.1, -0.05) is 71.9 Å². The molecule has 3 rings (SSSR count). The number of anilines is 1. The summed E-state index contributed by atoms with van der Waals surface area (Å²) in [5.74, 6) is -0.644. The van der Waals surface area contributed by atoms with E-state index < -0.39 is 42.6 Å². The van der Waals surface area contributed by atoms with Gasteiger partial charge >= 0.3 is 7.60 Å². The summed E-state index contributed by atoms with van der Waals surface area (Å²) in [6, 6.07) is 12.8. The SMILES string of the molecule is CC1(C)OCC(N(CP(=O)(O)O)c2cc(C(C)(C)C)c(O)c(C(C)(C)C)c2)C(c2ccccc2)O1. The molecule has 0 aliphatic carbocycles. The van der Waals surface area contributed by atoms with E-state index in [2.05, 4.69) is 0 Å². The molecule has 1 fully saturated rings. The van der Waals surface area contributed by atoms with Gasteiger partial charge in [-0.15, -0.1) is 0 Å². The standard InChI is InChI=1S/C27H40NO6P/c1-25(2,3)20-14-19(15-21(23(20)29)26(4,5)6)28(17-35(30,31)32)22-16-33-27(7,8)34-24(22)18-12-10-9-11-13-18/h9-15,22,24,29H,16-17H2,1-8H3,(H2,30,31,32). The second kappa shape index (κ2) is 9.53. The first kappa shape index (κ1) is 27.7. The predicted octanol–water partition coefficient (Wildman–Crippen LogP) is 5.82. The molecule has 194 valence electrons. The maximum absolute atomic E-state index is 12.4. The van der Waals surface area contributed by atoms with Crippen molar-refractivity contribution in [3.63, 3.8) is 0 Å². The summed E-state index contributed by atoms with van der Waals surface area (Å²) in [6.45, 7) is 15.9. The Morgan fingerprint density at radius 2 is 1.51 bits per heavy atom. The Bertz CT molecular complexity index is 1050. The van der Waals surface area contributed by atoms with Crippen molar-refractivity contribution in [2.24, 2.45) is 0 Å². The molecule has 0 aromatic heterocycles. The highest BCUT2D eigenvalue weighted by Gasteiger charge is 2.42. The van der Waals surface area contributed by atoms with Crippen LogP contribution in [0.15, 0.2) is 42.5 Å². The van der Waals surface area contributed by atoms with Crippen molar-refractivity contribution in [2.45, 2.75) is 84.2 Å². The average molecular weight is 506 g/mol. The van der Waals surface area contributed by atoms with Crippen molar-refractivity contribution in [2.75, 3.05) is 17.8 Å². The molecule has 7 nitrogen and oxygen atoms in total. The highest BCUT2D eigenvalue weighted by atomic mass is 31.2. The van der Waals surface area contributed by atoms with Gasteiger partial charge in [-0.3, -0.25) is 4.57 Å². The maximum Gasteiger partial charge on any atom is 0.344 e. The van der Waals surface area contributed by atoms with Crippen molar-refractivity contribution in [3.8, 4) is 5.75 Å². The van der Waals surface area contributed by atoms with Crippen molar-refractivity contribution >= 4 is 13.3 Å².